The van der Waals surface area contributed by atoms with Crippen LogP contribution in [0.15, 0.2) is 72.9 Å². The van der Waals surface area contributed by atoms with E-state index in [2.05, 4.69) is 39.9 Å². The van der Waals surface area contributed by atoms with Crippen molar-refractivity contribution in [2.45, 2.75) is 12.8 Å². The van der Waals surface area contributed by atoms with Gasteiger partial charge in [-0.05, 0) is 48.2 Å². The third-order valence-electron chi connectivity index (χ3n) is 4.44. The summed E-state index contributed by atoms with van der Waals surface area (Å²) in [6, 6.07) is 21.8. The molecule has 0 fully saturated rings. The van der Waals surface area contributed by atoms with E-state index >= 15 is 0 Å². The lowest BCUT2D eigenvalue weighted by Crippen LogP contribution is -2.26. The topological polar surface area (TPSA) is 63.2 Å². The number of hydrogen-bond acceptors (Lipinski definition) is 4. The minimum absolute atomic E-state index is 0.158. The van der Waals surface area contributed by atoms with Gasteiger partial charge in [0, 0.05) is 25.0 Å². The standard InChI is InChI=1S/C23H25N3O2/c1-28-21-9-7-19(8-10-21)11-14-24-20-13-16-25-22(17-20)23(27)26-15-12-18-5-3-2-4-6-18/h2-10,13,16-17H,11-12,14-15H2,1H3,(H,24,25)(H,26,27). The molecule has 5 heteroatoms. The second-order valence-corrected chi connectivity index (χ2v) is 6.45. The number of methoxy groups -OCH3 is 1. The first kappa shape index (κ1) is 19.4. The van der Waals surface area contributed by atoms with Crippen molar-refractivity contribution in [3.05, 3.63) is 89.7 Å². The van der Waals surface area contributed by atoms with Crippen molar-refractivity contribution in [3.63, 3.8) is 0 Å². The molecule has 1 amide bonds. The predicted octanol–water partition coefficient (Wildman–Crippen LogP) is 3.72. The van der Waals surface area contributed by atoms with Crippen molar-refractivity contribution in [1.82, 2.24) is 10.3 Å². The van der Waals surface area contributed by atoms with E-state index in [1.165, 1.54) is 11.1 Å². The molecule has 0 saturated carbocycles. The fourth-order valence-electron chi connectivity index (χ4n) is 2.86. The SMILES string of the molecule is COc1ccc(CCNc2ccnc(C(=O)NCCc3ccccc3)c2)cc1. The molecular formula is C23H25N3O2. The van der Waals surface area contributed by atoms with Gasteiger partial charge in [-0.25, -0.2) is 0 Å². The largest absolute Gasteiger partial charge is 0.497 e. The molecule has 0 bridgehead atoms. The van der Waals surface area contributed by atoms with Crippen LogP contribution in [0.25, 0.3) is 0 Å². The number of carbonyl (C=O) groups excluding carboxylic acids is 1. The van der Waals surface area contributed by atoms with Gasteiger partial charge in [0.2, 0.25) is 0 Å². The van der Waals surface area contributed by atoms with E-state index in [9.17, 15) is 4.79 Å². The first-order valence-corrected chi connectivity index (χ1v) is 9.39. The molecule has 2 N–H and O–H groups in total. The highest BCUT2D eigenvalue weighted by molar-refractivity contribution is 5.93. The molecule has 0 aliphatic carbocycles. The molecule has 1 heterocycles. The summed E-state index contributed by atoms with van der Waals surface area (Å²) in [5, 5.41) is 6.27. The van der Waals surface area contributed by atoms with E-state index in [-0.39, 0.29) is 5.91 Å². The van der Waals surface area contributed by atoms with Gasteiger partial charge in [0.05, 0.1) is 7.11 Å². The Morgan fingerprint density at radius 2 is 1.64 bits per heavy atom. The van der Waals surface area contributed by atoms with Gasteiger partial charge >= 0.3 is 0 Å². The number of anilines is 1. The first-order valence-electron chi connectivity index (χ1n) is 9.39. The van der Waals surface area contributed by atoms with Crippen molar-refractivity contribution in [2.24, 2.45) is 0 Å². The molecule has 5 nitrogen and oxygen atoms in total. The van der Waals surface area contributed by atoms with Crippen LogP contribution in [-0.4, -0.2) is 31.1 Å². The van der Waals surface area contributed by atoms with Gasteiger partial charge in [-0.3, -0.25) is 9.78 Å². The third kappa shape index (κ3) is 5.84. The lowest BCUT2D eigenvalue weighted by atomic mass is 10.1. The van der Waals surface area contributed by atoms with Gasteiger partial charge in [0.25, 0.3) is 5.91 Å². The number of nitrogens with one attached hydrogen (secondary N) is 2. The van der Waals surface area contributed by atoms with Gasteiger partial charge in [0.1, 0.15) is 11.4 Å². The molecule has 0 atom stereocenters. The van der Waals surface area contributed by atoms with E-state index in [0.29, 0.717) is 12.2 Å². The van der Waals surface area contributed by atoms with E-state index in [1.54, 1.807) is 19.4 Å². The number of hydrogen-bond donors (Lipinski definition) is 2. The molecule has 1 aromatic heterocycles. The third-order valence-corrected chi connectivity index (χ3v) is 4.44. The molecule has 0 unspecified atom stereocenters. The number of nitrogens with zero attached hydrogens (tertiary/aromatic N) is 1. The van der Waals surface area contributed by atoms with Gasteiger partial charge in [-0.2, -0.15) is 0 Å². The van der Waals surface area contributed by atoms with E-state index in [0.717, 1.165) is 30.8 Å². The van der Waals surface area contributed by atoms with Gasteiger partial charge in [-0.1, -0.05) is 42.5 Å². The summed E-state index contributed by atoms with van der Waals surface area (Å²) in [6.45, 7) is 1.35. The highest BCUT2D eigenvalue weighted by Gasteiger charge is 2.07. The van der Waals surface area contributed by atoms with Gasteiger partial charge in [-0.15, -0.1) is 0 Å². The number of ether oxygens (including phenoxy) is 1. The molecule has 2 aromatic carbocycles. The fourth-order valence-corrected chi connectivity index (χ4v) is 2.86. The van der Waals surface area contributed by atoms with Crippen LogP contribution in [-0.2, 0) is 12.8 Å². The Morgan fingerprint density at radius 3 is 2.39 bits per heavy atom. The van der Waals surface area contributed by atoms with Crippen molar-refractivity contribution >= 4 is 11.6 Å². The van der Waals surface area contributed by atoms with Crippen LogP contribution >= 0.6 is 0 Å². The summed E-state index contributed by atoms with van der Waals surface area (Å²) >= 11 is 0. The summed E-state index contributed by atoms with van der Waals surface area (Å²) in [7, 11) is 1.66. The summed E-state index contributed by atoms with van der Waals surface area (Å²) in [4.78, 5) is 16.5. The highest BCUT2D eigenvalue weighted by Crippen LogP contribution is 2.13. The Kier molecular flexibility index (Phi) is 7.01. The Balaban J connectivity index is 1.46. The van der Waals surface area contributed by atoms with E-state index in [1.807, 2.05) is 36.4 Å². The number of carbonyl (C=O) groups is 1. The molecule has 28 heavy (non-hydrogen) atoms. The molecule has 3 rings (SSSR count). The minimum Gasteiger partial charge on any atom is -0.497 e. The minimum atomic E-state index is -0.158. The second-order valence-electron chi connectivity index (χ2n) is 6.45. The smallest absolute Gasteiger partial charge is 0.269 e. The van der Waals surface area contributed by atoms with Crippen molar-refractivity contribution in [2.75, 3.05) is 25.5 Å². The summed E-state index contributed by atoms with van der Waals surface area (Å²) in [5.74, 6) is 0.698. The monoisotopic (exact) mass is 375 g/mol. The van der Waals surface area contributed by atoms with Crippen molar-refractivity contribution in [3.8, 4) is 5.75 Å². The molecule has 3 aromatic rings. The van der Waals surface area contributed by atoms with Gasteiger partial charge < -0.3 is 15.4 Å². The van der Waals surface area contributed by atoms with Crippen LogP contribution < -0.4 is 15.4 Å². The quantitative estimate of drug-likeness (QED) is 0.598. The lowest BCUT2D eigenvalue weighted by molar-refractivity contribution is 0.0949. The average molecular weight is 375 g/mol. The summed E-state index contributed by atoms with van der Waals surface area (Å²) < 4.78 is 5.17. The zero-order valence-corrected chi connectivity index (χ0v) is 16.0. The first-order chi connectivity index (χ1) is 13.7. The van der Waals surface area contributed by atoms with Crippen molar-refractivity contribution < 1.29 is 9.53 Å². The number of aromatic nitrogens is 1. The van der Waals surface area contributed by atoms with Crippen LogP contribution in [0.1, 0.15) is 21.6 Å². The summed E-state index contributed by atoms with van der Waals surface area (Å²) in [6.07, 6.45) is 3.33. The second kappa shape index (κ2) is 10.1. The number of rotatable bonds is 9. The lowest BCUT2D eigenvalue weighted by Gasteiger charge is -2.09. The van der Waals surface area contributed by atoms with Crippen LogP contribution in [0.2, 0.25) is 0 Å². The maximum absolute atomic E-state index is 12.3. The Labute approximate surface area is 165 Å². The van der Waals surface area contributed by atoms with Crippen molar-refractivity contribution in [1.29, 1.82) is 0 Å². The maximum Gasteiger partial charge on any atom is 0.269 e. The molecule has 144 valence electrons. The number of benzene rings is 2. The highest BCUT2D eigenvalue weighted by atomic mass is 16.5. The normalized spacial score (nSPS) is 10.3. The van der Waals surface area contributed by atoms with Crippen LogP contribution in [0.5, 0.6) is 5.75 Å². The van der Waals surface area contributed by atoms with Crippen LogP contribution in [0, 0.1) is 0 Å². The molecular weight excluding hydrogens is 350 g/mol. The van der Waals surface area contributed by atoms with Crippen LogP contribution in [0.4, 0.5) is 5.69 Å². The molecule has 0 spiro atoms. The molecule has 0 aliphatic rings. The molecule has 0 aliphatic heterocycles. The predicted molar refractivity (Wildman–Crippen MR) is 112 cm³/mol. The van der Waals surface area contributed by atoms with E-state index < -0.39 is 0 Å². The Morgan fingerprint density at radius 1 is 0.929 bits per heavy atom. The zero-order chi connectivity index (χ0) is 19.6. The number of amides is 1. The maximum atomic E-state index is 12.3. The van der Waals surface area contributed by atoms with Crippen LogP contribution in [0.3, 0.4) is 0 Å². The Bertz CT molecular complexity index is 880. The number of pyridine rings is 1. The fraction of sp³-hybridized carbons (Fsp3) is 0.217. The molecule has 0 saturated heterocycles. The average Bonchev–Trinajstić information content (AvgIpc) is 2.75. The summed E-state index contributed by atoms with van der Waals surface area (Å²) in [5.41, 5.74) is 3.73. The zero-order valence-electron chi connectivity index (χ0n) is 16.0. The van der Waals surface area contributed by atoms with E-state index in [4.69, 9.17) is 4.74 Å². The molecule has 0 radical (unpaired) electrons. The Hall–Kier alpha value is -3.34. The van der Waals surface area contributed by atoms with Gasteiger partial charge in [0.15, 0.2) is 0 Å².